The third-order valence-electron chi connectivity index (χ3n) is 3.33. The number of fused-ring (bicyclic) bond motifs is 1. The Balaban J connectivity index is 1.75. The number of nitrogens with zero attached hydrogens (tertiary/aromatic N) is 3. The lowest BCUT2D eigenvalue weighted by Crippen LogP contribution is -2.14. The Bertz CT molecular complexity index is 557. The molecule has 0 amide bonds. The van der Waals surface area contributed by atoms with Crippen LogP contribution in [0.25, 0.3) is 11.2 Å². The zero-order valence-electron chi connectivity index (χ0n) is 9.73. The number of imidazole rings is 1. The third kappa shape index (κ3) is 2.26. The van der Waals surface area contributed by atoms with E-state index in [0.717, 1.165) is 31.3 Å². The van der Waals surface area contributed by atoms with Crippen LogP contribution in [0.5, 0.6) is 0 Å². The minimum atomic E-state index is -0.155. The average Bonchev–Trinajstić information content (AvgIpc) is 2.94. The molecule has 1 aliphatic rings. The summed E-state index contributed by atoms with van der Waals surface area (Å²) in [4.78, 5) is 15.2. The second-order valence-electron chi connectivity index (χ2n) is 4.66. The molecule has 0 bridgehead atoms. The highest BCUT2D eigenvalue weighted by atomic mass is 35.5. The van der Waals surface area contributed by atoms with Crippen molar-refractivity contribution in [2.45, 2.75) is 25.4 Å². The molecule has 6 nitrogen and oxygen atoms in total. The van der Waals surface area contributed by atoms with E-state index >= 15 is 0 Å². The number of aromatic nitrogens is 4. The monoisotopic (exact) mass is 267 g/mol. The molecule has 1 fully saturated rings. The first-order valence-electron chi connectivity index (χ1n) is 6.01. The summed E-state index contributed by atoms with van der Waals surface area (Å²) in [6, 6.07) is 0. The van der Waals surface area contributed by atoms with Crippen molar-refractivity contribution in [3.63, 3.8) is 0 Å². The van der Waals surface area contributed by atoms with E-state index < -0.39 is 0 Å². The summed E-state index contributed by atoms with van der Waals surface area (Å²) in [7, 11) is 0. The molecule has 18 heavy (non-hydrogen) atoms. The summed E-state index contributed by atoms with van der Waals surface area (Å²) in [5.41, 5.74) is 1.32. The van der Waals surface area contributed by atoms with E-state index in [4.69, 9.17) is 11.6 Å². The predicted octanol–water partition coefficient (Wildman–Crippen LogP) is 1.58. The average molecular weight is 268 g/mol. The molecule has 3 rings (SSSR count). The number of aromatic amines is 1. The first-order chi connectivity index (χ1) is 8.72. The highest BCUT2D eigenvalue weighted by Crippen LogP contribution is 2.26. The highest BCUT2D eigenvalue weighted by Gasteiger charge is 2.22. The third-order valence-corrected chi connectivity index (χ3v) is 3.50. The molecule has 2 aromatic rings. The molecule has 2 heterocycles. The fraction of sp³-hybridized carbons (Fsp3) is 0.545. The number of nitrogens with one attached hydrogen (secondary N) is 2. The molecule has 2 atom stereocenters. The Morgan fingerprint density at radius 2 is 2.33 bits per heavy atom. The van der Waals surface area contributed by atoms with Gasteiger partial charge in [-0.3, -0.25) is 0 Å². The summed E-state index contributed by atoms with van der Waals surface area (Å²) in [5, 5.41) is 12.9. The Morgan fingerprint density at radius 3 is 3.11 bits per heavy atom. The maximum Gasteiger partial charge on any atom is 0.226 e. The van der Waals surface area contributed by atoms with Gasteiger partial charge in [0.05, 0.1) is 12.4 Å². The molecule has 1 saturated carbocycles. The van der Waals surface area contributed by atoms with Crippen LogP contribution in [0.1, 0.15) is 19.3 Å². The smallest absolute Gasteiger partial charge is 0.226 e. The predicted molar refractivity (Wildman–Crippen MR) is 68.5 cm³/mol. The zero-order valence-corrected chi connectivity index (χ0v) is 10.5. The molecule has 1 aliphatic carbocycles. The first-order valence-corrected chi connectivity index (χ1v) is 6.38. The van der Waals surface area contributed by atoms with Crippen molar-refractivity contribution >= 4 is 28.6 Å². The van der Waals surface area contributed by atoms with Gasteiger partial charge in [0.25, 0.3) is 0 Å². The quantitative estimate of drug-likeness (QED) is 0.735. The van der Waals surface area contributed by atoms with Crippen molar-refractivity contribution in [3.8, 4) is 0 Å². The molecule has 3 N–H and O–H groups in total. The van der Waals surface area contributed by atoms with E-state index in [2.05, 4.69) is 25.3 Å². The number of aliphatic hydroxyl groups is 1. The van der Waals surface area contributed by atoms with Crippen LogP contribution in [-0.4, -0.2) is 37.7 Å². The second kappa shape index (κ2) is 4.70. The molecule has 2 aromatic heterocycles. The van der Waals surface area contributed by atoms with Crippen LogP contribution < -0.4 is 5.32 Å². The van der Waals surface area contributed by atoms with Gasteiger partial charge in [-0.25, -0.2) is 4.98 Å². The largest absolute Gasteiger partial charge is 0.393 e. The van der Waals surface area contributed by atoms with Crippen molar-refractivity contribution in [2.24, 2.45) is 5.92 Å². The van der Waals surface area contributed by atoms with Gasteiger partial charge in [-0.1, -0.05) is 0 Å². The summed E-state index contributed by atoms with van der Waals surface area (Å²) in [6.45, 7) is 0.776. The van der Waals surface area contributed by atoms with Gasteiger partial charge in [-0.05, 0) is 36.8 Å². The summed E-state index contributed by atoms with van der Waals surface area (Å²) in [5.74, 6) is 1.15. The zero-order chi connectivity index (χ0) is 12.5. The van der Waals surface area contributed by atoms with E-state index in [1.807, 2.05) is 0 Å². The highest BCUT2D eigenvalue weighted by molar-refractivity contribution is 6.28. The lowest BCUT2D eigenvalue weighted by molar-refractivity contribution is 0.178. The van der Waals surface area contributed by atoms with E-state index in [9.17, 15) is 5.11 Å². The molecule has 0 aliphatic heterocycles. The SMILES string of the molecule is OC1CCC(CNc2nc(Cl)nc3nc[nH]c23)C1. The van der Waals surface area contributed by atoms with Gasteiger partial charge < -0.3 is 15.4 Å². The van der Waals surface area contributed by atoms with Crippen LogP contribution in [0.3, 0.4) is 0 Å². The first kappa shape index (κ1) is 11.7. The van der Waals surface area contributed by atoms with Crippen LogP contribution >= 0.6 is 11.6 Å². The number of halogens is 1. The lowest BCUT2D eigenvalue weighted by atomic mass is 10.1. The van der Waals surface area contributed by atoms with Crippen LogP contribution in [0.2, 0.25) is 5.28 Å². The standard InChI is InChI=1S/C11H14ClN5O/c12-11-16-9(8-10(17-11)15-5-14-8)13-4-6-1-2-7(18)3-6/h5-7,18H,1-4H2,(H2,13,14,15,16,17). The Hall–Kier alpha value is -1.40. The Morgan fingerprint density at radius 1 is 1.44 bits per heavy atom. The number of hydrogen-bond acceptors (Lipinski definition) is 5. The summed E-state index contributed by atoms with van der Waals surface area (Å²) in [6.07, 6.45) is 4.19. The molecular weight excluding hydrogens is 254 g/mol. The maximum absolute atomic E-state index is 9.49. The van der Waals surface area contributed by atoms with E-state index in [0.29, 0.717) is 17.4 Å². The summed E-state index contributed by atoms with van der Waals surface area (Å²) < 4.78 is 0. The van der Waals surface area contributed by atoms with Crippen molar-refractivity contribution in [1.82, 2.24) is 19.9 Å². The topological polar surface area (TPSA) is 86.7 Å². The second-order valence-corrected chi connectivity index (χ2v) is 4.99. The fourth-order valence-corrected chi connectivity index (χ4v) is 2.57. The number of aliphatic hydroxyl groups excluding tert-OH is 1. The van der Waals surface area contributed by atoms with E-state index in [1.165, 1.54) is 0 Å². The van der Waals surface area contributed by atoms with Gasteiger partial charge >= 0.3 is 0 Å². The lowest BCUT2D eigenvalue weighted by Gasteiger charge is -2.11. The molecule has 96 valence electrons. The number of rotatable bonds is 3. The van der Waals surface area contributed by atoms with Gasteiger partial charge in [0.15, 0.2) is 11.5 Å². The number of anilines is 1. The molecule has 0 aromatic carbocycles. The van der Waals surface area contributed by atoms with Crippen LogP contribution in [0, 0.1) is 5.92 Å². The van der Waals surface area contributed by atoms with Crippen molar-refractivity contribution in [1.29, 1.82) is 0 Å². The van der Waals surface area contributed by atoms with Gasteiger partial charge in [-0.2, -0.15) is 9.97 Å². The minimum absolute atomic E-state index is 0.155. The maximum atomic E-state index is 9.49. The normalized spacial score (nSPS) is 23.7. The van der Waals surface area contributed by atoms with Crippen molar-refractivity contribution in [2.75, 3.05) is 11.9 Å². The molecule has 0 radical (unpaired) electrons. The molecule has 2 unspecified atom stereocenters. The van der Waals surface area contributed by atoms with Crippen LogP contribution in [-0.2, 0) is 0 Å². The van der Waals surface area contributed by atoms with Gasteiger partial charge in [0.2, 0.25) is 5.28 Å². The van der Waals surface area contributed by atoms with Gasteiger partial charge in [0, 0.05) is 6.54 Å². The van der Waals surface area contributed by atoms with Crippen molar-refractivity contribution < 1.29 is 5.11 Å². The van der Waals surface area contributed by atoms with E-state index in [-0.39, 0.29) is 11.4 Å². The molecule has 0 saturated heterocycles. The van der Waals surface area contributed by atoms with Gasteiger partial charge in [-0.15, -0.1) is 0 Å². The number of H-pyrrole nitrogens is 1. The molecular formula is C11H14ClN5O. The fourth-order valence-electron chi connectivity index (χ4n) is 2.41. The molecule has 0 spiro atoms. The van der Waals surface area contributed by atoms with Crippen LogP contribution in [0.15, 0.2) is 6.33 Å². The Labute approximate surface area is 109 Å². The van der Waals surface area contributed by atoms with Crippen molar-refractivity contribution in [3.05, 3.63) is 11.6 Å². The van der Waals surface area contributed by atoms with Gasteiger partial charge in [0.1, 0.15) is 5.52 Å². The number of hydrogen-bond donors (Lipinski definition) is 3. The van der Waals surface area contributed by atoms with E-state index in [1.54, 1.807) is 6.33 Å². The Kier molecular flexibility index (Phi) is 3.05. The van der Waals surface area contributed by atoms with Crippen LogP contribution in [0.4, 0.5) is 5.82 Å². The summed E-state index contributed by atoms with van der Waals surface area (Å²) >= 11 is 5.84. The minimum Gasteiger partial charge on any atom is -0.393 e. The molecule has 7 heteroatoms.